The Hall–Kier alpha value is -4.15. The molecule has 1 aliphatic heterocycles. The Balaban J connectivity index is 1.60. The van der Waals surface area contributed by atoms with Crippen LogP contribution in [0.15, 0.2) is 47.9 Å². The molecule has 0 saturated carbocycles. The predicted octanol–water partition coefficient (Wildman–Crippen LogP) is 3.34. The highest BCUT2D eigenvalue weighted by molar-refractivity contribution is 6.09. The summed E-state index contributed by atoms with van der Waals surface area (Å²) in [6.07, 6.45) is 9.93. The standard InChI is InChI=1S/C23H23FN8O2/c1-3-4-5-14-21-26-11-27-32(21)10-15(28-14)19-29-18(25)17-20(30-19)31-22(34)23(17,2)12-6-8-13(24)16(33)9-7-12/h6-7,9-11,33H,3-5,8H2,1-2H3,(H3,25,29,30,31,34). The molecule has 5 rings (SSSR count). The molecule has 1 unspecified atom stereocenters. The molecule has 0 bridgehead atoms. The van der Waals surface area contributed by atoms with Crippen LogP contribution in [-0.4, -0.2) is 40.6 Å². The van der Waals surface area contributed by atoms with Gasteiger partial charge in [-0.15, -0.1) is 0 Å². The number of nitrogen functional groups attached to an aromatic ring is 1. The summed E-state index contributed by atoms with van der Waals surface area (Å²) in [5.41, 5.74) is 7.88. The number of rotatable bonds is 5. The second kappa shape index (κ2) is 8.01. The van der Waals surface area contributed by atoms with Crippen molar-refractivity contribution in [3.8, 4) is 11.5 Å². The van der Waals surface area contributed by atoms with Gasteiger partial charge in [0.2, 0.25) is 5.91 Å². The lowest BCUT2D eigenvalue weighted by atomic mass is 9.76. The number of aliphatic hydroxyl groups excluding tert-OH is 1. The molecule has 3 aromatic rings. The highest BCUT2D eigenvalue weighted by atomic mass is 19.1. The Bertz CT molecular complexity index is 1420. The molecule has 10 nitrogen and oxygen atoms in total. The molecule has 0 aromatic carbocycles. The Morgan fingerprint density at radius 3 is 2.91 bits per heavy atom. The lowest BCUT2D eigenvalue weighted by Crippen LogP contribution is -2.33. The quantitative estimate of drug-likeness (QED) is 0.524. The van der Waals surface area contributed by atoms with E-state index in [1.54, 1.807) is 23.7 Å². The maximum atomic E-state index is 13.9. The van der Waals surface area contributed by atoms with Gasteiger partial charge in [0.05, 0.1) is 17.5 Å². The molecule has 0 spiro atoms. The number of aromatic nitrogens is 6. The highest BCUT2D eigenvalue weighted by Gasteiger charge is 2.48. The monoisotopic (exact) mass is 462 g/mol. The van der Waals surface area contributed by atoms with Crippen molar-refractivity contribution in [2.45, 2.75) is 44.9 Å². The van der Waals surface area contributed by atoms with E-state index in [0.29, 0.717) is 22.5 Å². The molecule has 0 radical (unpaired) electrons. The van der Waals surface area contributed by atoms with Gasteiger partial charge in [0, 0.05) is 6.42 Å². The van der Waals surface area contributed by atoms with Gasteiger partial charge in [-0.3, -0.25) is 4.79 Å². The van der Waals surface area contributed by atoms with Crippen molar-refractivity contribution < 1.29 is 14.3 Å². The van der Waals surface area contributed by atoms with Crippen molar-refractivity contribution in [3.63, 3.8) is 0 Å². The molecular formula is C23H23FN8O2. The molecule has 1 aliphatic carbocycles. The number of anilines is 2. The lowest BCUT2D eigenvalue weighted by molar-refractivity contribution is -0.119. The number of fused-ring (bicyclic) bond motifs is 2. The molecule has 0 saturated heterocycles. The first kappa shape index (κ1) is 21.7. The van der Waals surface area contributed by atoms with E-state index in [4.69, 9.17) is 10.7 Å². The van der Waals surface area contributed by atoms with Gasteiger partial charge in [0.25, 0.3) is 0 Å². The Morgan fingerprint density at radius 2 is 2.12 bits per heavy atom. The van der Waals surface area contributed by atoms with Crippen molar-refractivity contribution in [3.05, 3.63) is 59.2 Å². The van der Waals surface area contributed by atoms with Crippen LogP contribution in [0, 0.1) is 0 Å². The minimum atomic E-state index is -1.26. The van der Waals surface area contributed by atoms with Gasteiger partial charge in [-0.05, 0) is 31.4 Å². The first-order valence-electron chi connectivity index (χ1n) is 11.0. The van der Waals surface area contributed by atoms with Crippen LogP contribution in [0.4, 0.5) is 16.0 Å². The number of carbonyl (C=O) groups is 1. The first-order chi connectivity index (χ1) is 16.3. The molecule has 4 heterocycles. The van der Waals surface area contributed by atoms with Crippen LogP contribution in [0.1, 0.15) is 44.4 Å². The van der Waals surface area contributed by atoms with E-state index >= 15 is 0 Å². The van der Waals surface area contributed by atoms with Crippen LogP contribution in [0.2, 0.25) is 0 Å². The summed E-state index contributed by atoms with van der Waals surface area (Å²) in [6.45, 7) is 3.77. The van der Waals surface area contributed by atoms with Crippen molar-refractivity contribution in [2.75, 3.05) is 11.1 Å². The topological polar surface area (TPSA) is 144 Å². The summed E-state index contributed by atoms with van der Waals surface area (Å²) in [6, 6.07) is 0. The van der Waals surface area contributed by atoms with Gasteiger partial charge in [-0.2, -0.15) is 5.10 Å². The number of amides is 1. The van der Waals surface area contributed by atoms with E-state index in [-0.39, 0.29) is 29.8 Å². The fourth-order valence-electron chi connectivity index (χ4n) is 4.31. The number of aryl methyl sites for hydroxylation is 1. The number of unbranched alkanes of at least 4 members (excludes halogenated alkanes) is 1. The zero-order valence-electron chi connectivity index (χ0n) is 18.7. The number of nitrogens with one attached hydrogen (secondary N) is 1. The van der Waals surface area contributed by atoms with Gasteiger partial charge < -0.3 is 16.2 Å². The van der Waals surface area contributed by atoms with Crippen LogP contribution in [0.3, 0.4) is 0 Å². The third kappa shape index (κ3) is 3.31. The van der Waals surface area contributed by atoms with E-state index in [1.165, 1.54) is 18.5 Å². The number of allylic oxidation sites excluding steroid dienone is 4. The summed E-state index contributed by atoms with van der Waals surface area (Å²) in [4.78, 5) is 31.1. The van der Waals surface area contributed by atoms with Crippen molar-refractivity contribution in [1.82, 2.24) is 29.5 Å². The predicted molar refractivity (Wildman–Crippen MR) is 123 cm³/mol. The number of halogens is 1. The van der Waals surface area contributed by atoms with E-state index in [0.717, 1.165) is 25.0 Å². The molecule has 0 fully saturated rings. The summed E-state index contributed by atoms with van der Waals surface area (Å²) >= 11 is 0. The number of carbonyl (C=O) groups excluding carboxylic acids is 1. The summed E-state index contributed by atoms with van der Waals surface area (Å²) in [5.74, 6) is -0.911. The highest BCUT2D eigenvalue weighted by Crippen LogP contribution is 2.46. The van der Waals surface area contributed by atoms with E-state index < -0.39 is 17.0 Å². The molecular weight excluding hydrogens is 439 g/mol. The third-order valence-corrected chi connectivity index (χ3v) is 6.23. The molecule has 34 heavy (non-hydrogen) atoms. The summed E-state index contributed by atoms with van der Waals surface area (Å²) in [5, 5.41) is 16.7. The molecule has 11 heteroatoms. The Kier molecular flexibility index (Phi) is 5.11. The average molecular weight is 462 g/mol. The van der Waals surface area contributed by atoms with Crippen LogP contribution >= 0.6 is 0 Å². The number of hydrogen-bond donors (Lipinski definition) is 3. The average Bonchev–Trinajstić information content (AvgIpc) is 3.34. The Morgan fingerprint density at radius 1 is 1.29 bits per heavy atom. The van der Waals surface area contributed by atoms with Crippen LogP contribution < -0.4 is 11.1 Å². The van der Waals surface area contributed by atoms with E-state index in [1.807, 2.05) is 0 Å². The molecule has 174 valence electrons. The first-order valence-corrected chi connectivity index (χ1v) is 11.0. The van der Waals surface area contributed by atoms with Crippen molar-refractivity contribution in [1.29, 1.82) is 0 Å². The number of nitrogens with two attached hydrogens (primary N) is 1. The fourth-order valence-corrected chi connectivity index (χ4v) is 4.31. The van der Waals surface area contributed by atoms with E-state index in [2.05, 4.69) is 32.3 Å². The molecule has 1 atom stereocenters. The van der Waals surface area contributed by atoms with Gasteiger partial charge in [0.1, 0.15) is 40.7 Å². The minimum Gasteiger partial charge on any atom is -0.505 e. The molecule has 2 aliphatic rings. The molecule has 3 aromatic heterocycles. The smallest absolute Gasteiger partial charge is 0.240 e. The molecule has 4 N–H and O–H groups in total. The molecule has 1 amide bonds. The minimum absolute atomic E-state index is 0.104. The van der Waals surface area contributed by atoms with Crippen LogP contribution in [-0.2, 0) is 16.6 Å². The second-order valence-electron chi connectivity index (χ2n) is 8.43. The third-order valence-electron chi connectivity index (χ3n) is 6.23. The number of aliphatic hydroxyl groups is 1. The lowest BCUT2D eigenvalue weighted by Gasteiger charge is -2.24. The van der Waals surface area contributed by atoms with Gasteiger partial charge >= 0.3 is 0 Å². The second-order valence-corrected chi connectivity index (χ2v) is 8.43. The van der Waals surface area contributed by atoms with Crippen LogP contribution in [0.25, 0.3) is 17.2 Å². The number of hydrogen-bond acceptors (Lipinski definition) is 8. The maximum absolute atomic E-state index is 13.9. The summed E-state index contributed by atoms with van der Waals surface area (Å²) in [7, 11) is 0. The van der Waals surface area contributed by atoms with Crippen LogP contribution in [0.5, 0.6) is 0 Å². The zero-order chi connectivity index (χ0) is 24.0. The number of nitrogens with zero attached hydrogens (tertiary/aromatic N) is 6. The van der Waals surface area contributed by atoms with Crippen molar-refractivity contribution in [2.24, 2.45) is 0 Å². The fraction of sp³-hybridized carbons (Fsp3) is 0.304. The Labute approximate surface area is 194 Å². The zero-order valence-corrected chi connectivity index (χ0v) is 18.7. The van der Waals surface area contributed by atoms with Gasteiger partial charge in [-0.1, -0.05) is 25.5 Å². The van der Waals surface area contributed by atoms with Crippen molar-refractivity contribution >= 4 is 23.2 Å². The largest absolute Gasteiger partial charge is 0.505 e. The maximum Gasteiger partial charge on any atom is 0.240 e. The summed E-state index contributed by atoms with van der Waals surface area (Å²) < 4.78 is 15.5. The van der Waals surface area contributed by atoms with E-state index in [9.17, 15) is 14.3 Å². The van der Waals surface area contributed by atoms with Gasteiger partial charge in [0.15, 0.2) is 11.5 Å². The SMILES string of the molecule is CCCCc1nc(-c2nc(N)c3c(n2)NC(=O)C3(C)C2=CCC(F)=C(O)C=C2)cn2ncnc12. The normalized spacial score (nSPS) is 19.9. The van der Waals surface area contributed by atoms with Gasteiger partial charge in [-0.25, -0.2) is 28.8 Å².